The molecule has 0 fully saturated rings. The minimum atomic E-state index is 0.109. The molecule has 0 atom stereocenters. The largest absolute Gasteiger partial charge is 0.293 e. The highest BCUT2D eigenvalue weighted by atomic mass is 79.9. The third-order valence-corrected chi connectivity index (χ3v) is 1.84. The molecule has 0 aromatic heterocycles. The lowest BCUT2D eigenvalue weighted by Gasteiger charge is -1.93. The van der Waals surface area contributed by atoms with E-state index in [-0.39, 0.29) is 5.78 Å². The van der Waals surface area contributed by atoms with Gasteiger partial charge in [0.05, 0.1) is 5.33 Å². The zero-order valence-electron chi connectivity index (χ0n) is 7.38. The summed E-state index contributed by atoms with van der Waals surface area (Å²) >= 11 is 3.12. The number of carbonyl (C=O) groups is 1. The van der Waals surface area contributed by atoms with E-state index in [1.54, 1.807) is 0 Å². The predicted octanol–water partition coefficient (Wildman–Crippen LogP) is 3.03. The first-order chi connectivity index (χ1) is 5.76. The van der Waals surface area contributed by atoms with Gasteiger partial charge in [-0.25, -0.2) is 0 Å². The van der Waals surface area contributed by atoms with E-state index < -0.39 is 0 Å². The minimum absolute atomic E-state index is 0.109. The van der Waals surface area contributed by atoms with Crippen LogP contribution in [0, 0.1) is 0 Å². The van der Waals surface area contributed by atoms with E-state index in [4.69, 9.17) is 0 Å². The Labute approximate surface area is 82.0 Å². The summed E-state index contributed by atoms with van der Waals surface area (Å²) < 4.78 is 0. The topological polar surface area (TPSA) is 17.1 Å². The molecule has 0 aliphatic carbocycles. The van der Waals surface area contributed by atoms with Crippen LogP contribution in [0.5, 0.6) is 0 Å². The average molecular weight is 229 g/mol. The van der Waals surface area contributed by atoms with Crippen LogP contribution in [0.4, 0.5) is 0 Å². The molecule has 2 heteroatoms. The Balaban J connectivity index is 4.29. The lowest BCUT2D eigenvalue weighted by atomic mass is 10.1. The Morgan fingerprint density at radius 2 is 2.00 bits per heavy atom. The number of Topliss-reactive ketones (excluding diaryl/α,β-unsaturated/α-hetero) is 1. The molecule has 66 valence electrons. The minimum Gasteiger partial charge on any atom is -0.293 e. The van der Waals surface area contributed by atoms with Crippen molar-refractivity contribution in [2.75, 3.05) is 5.33 Å². The molecule has 0 spiro atoms. The van der Waals surface area contributed by atoms with Crippen molar-refractivity contribution >= 4 is 21.7 Å². The number of hydrogen-bond acceptors (Lipinski definition) is 1. The van der Waals surface area contributed by atoms with Gasteiger partial charge in [0, 0.05) is 5.57 Å². The molecule has 0 N–H and O–H groups in total. The fourth-order valence-corrected chi connectivity index (χ4v) is 1.02. The SMILES string of the molecule is C\C=C/C=C\C(=C/C)C(=O)CBr. The van der Waals surface area contributed by atoms with Crippen LogP contribution in [0.3, 0.4) is 0 Å². The number of alkyl halides is 1. The fourth-order valence-electron chi connectivity index (χ4n) is 0.698. The van der Waals surface area contributed by atoms with E-state index in [1.165, 1.54) is 0 Å². The number of carbonyl (C=O) groups excluding carboxylic acids is 1. The van der Waals surface area contributed by atoms with Crippen LogP contribution >= 0.6 is 15.9 Å². The first kappa shape index (κ1) is 11.4. The van der Waals surface area contributed by atoms with Crippen molar-refractivity contribution in [3.8, 4) is 0 Å². The van der Waals surface area contributed by atoms with Gasteiger partial charge in [0.2, 0.25) is 0 Å². The molecular weight excluding hydrogens is 216 g/mol. The molecule has 0 rings (SSSR count). The van der Waals surface area contributed by atoms with E-state index >= 15 is 0 Å². The van der Waals surface area contributed by atoms with Gasteiger partial charge in [0.15, 0.2) is 5.78 Å². The Hall–Kier alpha value is -0.630. The zero-order valence-corrected chi connectivity index (χ0v) is 8.97. The Morgan fingerprint density at radius 1 is 1.33 bits per heavy atom. The van der Waals surface area contributed by atoms with Gasteiger partial charge in [-0.1, -0.05) is 46.3 Å². The summed E-state index contributed by atoms with van der Waals surface area (Å²) in [5.74, 6) is 0.109. The quantitative estimate of drug-likeness (QED) is 0.411. The second kappa shape index (κ2) is 7.04. The lowest BCUT2D eigenvalue weighted by Crippen LogP contribution is -2.00. The summed E-state index contributed by atoms with van der Waals surface area (Å²) in [6, 6.07) is 0. The van der Waals surface area contributed by atoms with Crippen LogP contribution in [-0.4, -0.2) is 11.1 Å². The summed E-state index contributed by atoms with van der Waals surface area (Å²) in [4.78, 5) is 11.1. The van der Waals surface area contributed by atoms with E-state index in [2.05, 4.69) is 15.9 Å². The second-order valence-electron chi connectivity index (χ2n) is 2.19. The van der Waals surface area contributed by atoms with E-state index in [1.807, 2.05) is 44.2 Å². The van der Waals surface area contributed by atoms with Crippen LogP contribution < -0.4 is 0 Å². The summed E-state index contributed by atoms with van der Waals surface area (Å²) in [5.41, 5.74) is 0.741. The lowest BCUT2D eigenvalue weighted by molar-refractivity contribution is -0.112. The molecule has 0 saturated carbocycles. The molecule has 0 aliphatic heterocycles. The Morgan fingerprint density at radius 3 is 2.42 bits per heavy atom. The molecule has 0 saturated heterocycles. The molecule has 0 unspecified atom stereocenters. The van der Waals surface area contributed by atoms with Crippen molar-refractivity contribution in [2.24, 2.45) is 0 Å². The zero-order chi connectivity index (χ0) is 9.40. The molecule has 0 aromatic carbocycles. The Kier molecular flexibility index (Phi) is 6.67. The van der Waals surface area contributed by atoms with Crippen LogP contribution in [0.25, 0.3) is 0 Å². The maximum absolute atomic E-state index is 11.1. The average Bonchev–Trinajstić information content (AvgIpc) is 2.11. The number of halogens is 1. The van der Waals surface area contributed by atoms with E-state index in [9.17, 15) is 4.79 Å². The molecular formula is C10H13BrO. The molecule has 0 aromatic rings. The maximum atomic E-state index is 11.1. The van der Waals surface area contributed by atoms with Crippen LogP contribution in [-0.2, 0) is 4.79 Å². The van der Waals surface area contributed by atoms with Gasteiger partial charge in [-0.05, 0) is 13.8 Å². The van der Waals surface area contributed by atoms with Gasteiger partial charge in [-0.2, -0.15) is 0 Å². The monoisotopic (exact) mass is 228 g/mol. The molecule has 0 heterocycles. The molecule has 0 bridgehead atoms. The number of allylic oxidation sites excluding steroid dienone is 6. The maximum Gasteiger partial charge on any atom is 0.173 e. The van der Waals surface area contributed by atoms with Crippen molar-refractivity contribution in [3.63, 3.8) is 0 Å². The molecule has 0 aliphatic rings. The Bertz CT molecular complexity index is 224. The van der Waals surface area contributed by atoms with Crippen LogP contribution in [0.2, 0.25) is 0 Å². The highest BCUT2D eigenvalue weighted by Crippen LogP contribution is 2.01. The second-order valence-corrected chi connectivity index (χ2v) is 2.75. The highest BCUT2D eigenvalue weighted by molar-refractivity contribution is 9.09. The van der Waals surface area contributed by atoms with Crippen LogP contribution in [0.1, 0.15) is 13.8 Å². The summed E-state index contributed by atoms with van der Waals surface area (Å²) in [5, 5.41) is 0.382. The fraction of sp³-hybridized carbons (Fsp3) is 0.300. The van der Waals surface area contributed by atoms with Crippen molar-refractivity contribution in [1.82, 2.24) is 0 Å². The van der Waals surface area contributed by atoms with Gasteiger partial charge in [0.25, 0.3) is 0 Å². The van der Waals surface area contributed by atoms with Crippen molar-refractivity contribution in [2.45, 2.75) is 13.8 Å². The van der Waals surface area contributed by atoms with Crippen molar-refractivity contribution in [3.05, 3.63) is 36.0 Å². The number of rotatable bonds is 4. The third kappa shape index (κ3) is 4.29. The van der Waals surface area contributed by atoms with Gasteiger partial charge in [0.1, 0.15) is 0 Å². The number of hydrogen-bond donors (Lipinski definition) is 0. The van der Waals surface area contributed by atoms with Crippen molar-refractivity contribution in [1.29, 1.82) is 0 Å². The predicted molar refractivity (Wildman–Crippen MR) is 56.5 cm³/mol. The molecule has 12 heavy (non-hydrogen) atoms. The first-order valence-electron chi connectivity index (χ1n) is 3.81. The van der Waals surface area contributed by atoms with Gasteiger partial charge >= 0.3 is 0 Å². The van der Waals surface area contributed by atoms with Gasteiger partial charge in [-0.15, -0.1) is 0 Å². The van der Waals surface area contributed by atoms with Crippen molar-refractivity contribution < 1.29 is 4.79 Å². The molecule has 1 nitrogen and oxygen atoms in total. The summed E-state index contributed by atoms with van der Waals surface area (Å²) in [6.45, 7) is 3.79. The highest BCUT2D eigenvalue weighted by Gasteiger charge is 2.00. The molecule has 0 radical (unpaired) electrons. The van der Waals surface area contributed by atoms with Gasteiger partial charge < -0.3 is 0 Å². The summed E-state index contributed by atoms with van der Waals surface area (Å²) in [7, 11) is 0. The standard InChI is InChI=1S/C10H13BrO/c1-3-5-6-7-9(4-2)10(12)8-11/h3-7H,8H2,1-2H3/b5-3-,7-6-,9-4+. The third-order valence-electron chi connectivity index (χ3n) is 1.33. The van der Waals surface area contributed by atoms with E-state index in [0.717, 1.165) is 5.57 Å². The van der Waals surface area contributed by atoms with Crippen LogP contribution in [0.15, 0.2) is 36.0 Å². The normalized spacial score (nSPS) is 13.1. The number of ketones is 1. The van der Waals surface area contributed by atoms with E-state index in [0.29, 0.717) is 5.33 Å². The summed E-state index contributed by atoms with van der Waals surface area (Å²) in [6.07, 6.45) is 9.29. The first-order valence-corrected chi connectivity index (χ1v) is 4.93. The molecule has 0 amide bonds. The van der Waals surface area contributed by atoms with Gasteiger partial charge in [-0.3, -0.25) is 4.79 Å². The smallest absolute Gasteiger partial charge is 0.173 e.